The quantitative estimate of drug-likeness (QED) is 0.318. The van der Waals surface area contributed by atoms with Crippen molar-refractivity contribution in [1.82, 2.24) is 19.7 Å². The van der Waals surface area contributed by atoms with E-state index in [9.17, 15) is 9.59 Å². The van der Waals surface area contributed by atoms with E-state index in [-0.39, 0.29) is 5.56 Å². The van der Waals surface area contributed by atoms with E-state index in [0.29, 0.717) is 44.4 Å². The predicted octanol–water partition coefficient (Wildman–Crippen LogP) is 5.53. The van der Waals surface area contributed by atoms with Gasteiger partial charge >= 0.3 is 0 Å². The summed E-state index contributed by atoms with van der Waals surface area (Å²) in [6.07, 6.45) is 1.39. The van der Waals surface area contributed by atoms with E-state index >= 15 is 0 Å². The minimum atomic E-state index is -0.582. The van der Waals surface area contributed by atoms with Crippen molar-refractivity contribution in [2.75, 3.05) is 25.5 Å². The standard InChI is InChI=1S/C29H27Cl2N5O3/c1-17-14-36(15-17)16-18-10-11-23(34-28(18)39-3)21-8-4-6-19(25(21)30)20-7-5-9-24(26(20)31)33-27(37)22-12-13-32-35(2)29(22)38/h4-13,17H,14-16H2,1-3H3,(H,33,37). The zero-order chi connectivity index (χ0) is 27.7. The smallest absolute Gasteiger partial charge is 0.279 e. The number of hydrogen-bond acceptors (Lipinski definition) is 6. The van der Waals surface area contributed by atoms with Crippen molar-refractivity contribution < 1.29 is 9.53 Å². The fourth-order valence-corrected chi connectivity index (χ4v) is 5.36. The molecule has 8 nitrogen and oxygen atoms in total. The summed E-state index contributed by atoms with van der Waals surface area (Å²) >= 11 is 13.7. The van der Waals surface area contributed by atoms with Crippen LogP contribution in [0.25, 0.3) is 22.4 Å². The average Bonchev–Trinajstić information content (AvgIpc) is 2.91. The number of nitrogens with zero attached hydrogens (tertiary/aromatic N) is 4. The number of nitrogens with one attached hydrogen (secondary N) is 1. The van der Waals surface area contributed by atoms with E-state index in [1.165, 1.54) is 19.3 Å². The maximum absolute atomic E-state index is 12.8. The first-order valence-electron chi connectivity index (χ1n) is 12.4. The third-order valence-electron chi connectivity index (χ3n) is 6.73. The van der Waals surface area contributed by atoms with E-state index in [1.807, 2.05) is 36.4 Å². The van der Waals surface area contributed by atoms with E-state index in [0.717, 1.165) is 35.4 Å². The number of amides is 1. The average molecular weight is 564 g/mol. The van der Waals surface area contributed by atoms with Crippen molar-refractivity contribution in [3.8, 4) is 28.3 Å². The second-order valence-corrected chi connectivity index (χ2v) is 10.4. The maximum atomic E-state index is 12.8. The molecule has 10 heteroatoms. The number of likely N-dealkylation sites (tertiary alicyclic amines) is 1. The third kappa shape index (κ3) is 5.41. The van der Waals surface area contributed by atoms with E-state index < -0.39 is 11.5 Å². The van der Waals surface area contributed by atoms with Crippen LogP contribution in [0.5, 0.6) is 5.88 Å². The highest BCUT2D eigenvalue weighted by atomic mass is 35.5. The summed E-state index contributed by atoms with van der Waals surface area (Å²) in [6, 6.07) is 16.2. The highest BCUT2D eigenvalue weighted by molar-refractivity contribution is 6.39. The van der Waals surface area contributed by atoms with Crippen LogP contribution in [0.1, 0.15) is 22.8 Å². The summed E-state index contributed by atoms with van der Waals surface area (Å²) in [5.74, 6) is 0.700. The third-order valence-corrected chi connectivity index (χ3v) is 7.54. The normalized spacial score (nSPS) is 13.7. The fraction of sp³-hybridized carbons (Fsp3) is 0.241. The molecule has 2 aromatic heterocycles. The topological polar surface area (TPSA) is 89.3 Å². The van der Waals surface area contributed by atoms with Crippen molar-refractivity contribution in [3.05, 3.63) is 92.3 Å². The molecule has 0 bridgehead atoms. The van der Waals surface area contributed by atoms with Gasteiger partial charge in [-0.25, -0.2) is 9.67 Å². The minimum Gasteiger partial charge on any atom is -0.481 e. The first kappa shape index (κ1) is 26.9. The molecular formula is C29H27Cl2N5O3. The molecule has 0 spiro atoms. The van der Waals surface area contributed by atoms with Crippen molar-refractivity contribution in [1.29, 1.82) is 0 Å². The largest absolute Gasteiger partial charge is 0.481 e. The zero-order valence-corrected chi connectivity index (χ0v) is 23.3. The summed E-state index contributed by atoms with van der Waals surface area (Å²) in [7, 11) is 3.10. The molecule has 1 saturated heterocycles. The Bertz CT molecular complexity index is 1620. The number of aromatic nitrogens is 3. The summed E-state index contributed by atoms with van der Waals surface area (Å²) in [5.41, 5.74) is 3.53. The Balaban J connectivity index is 1.45. The van der Waals surface area contributed by atoms with Crippen LogP contribution in [-0.4, -0.2) is 45.8 Å². The molecule has 2 aromatic carbocycles. The Morgan fingerprint density at radius 1 is 1.03 bits per heavy atom. The molecule has 4 aromatic rings. The number of rotatable bonds is 7. The van der Waals surface area contributed by atoms with Crippen LogP contribution in [0.4, 0.5) is 5.69 Å². The molecule has 5 rings (SSSR count). The van der Waals surface area contributed by atoms with Gasteiger partial charge in [-0.2, -0.15) is 5.10 Å². The van der Waals surface area contributed by atoms with Gasteiger partial charge in [-0.15, -0.1) is 0 Å². The van der Waals surface area contributed by atoms with Gasteiger partial charge in [0.05, 0.1) is 28.5 Å². The number of carbonyl (C=O) groups is 1. The SMILES string of the molecule is COc1nc(-c2cccc(-c3cccc(NC(=O)c4ccnn(C)c4=O)c3Cl)c2Cl)ccc1CN1CC(C)C1. The van der Waals surface area contributed by atoms with Crippen LogP contribution in [0.15, 0.2) is 65.6 Å². The number of halogens is 2. The Hall–Kier alpha value is -3.72. The molecule has 0 unspecified atom stereocenters. The lowest BCUT2D eigenvalue weighted by Gasteiger charge is -2.37. The van der Waals surface area contributed by atoms with Crippen molar-refractivity contribution >= 4 is 34.8 Å². The molecule has 1 amide bonds. The number of ether oxygens (including phenoxy) is 1. The molecule has 1 fully saturated rings. The van der Waals surface area contributed by atoms with Gasteiger partial charge < -0.3 is 10.1 Å². The van der Waals surface area contributed by atoms with Crippen molar-refractivity contribution in [3.63, 3.8) is 0 Å². The van der Waals surface area contributed by atoms with Crippen LogP contribution in [0, 0.1) is 5.92 Å². The summed E-state index contributed by atoms with van der Waals surface area (Å²) < 4.78 is 6.71. The van der Waals surface area contributed by atoms with Crippen LogP contribution in [-0.2, 0) is 13.6 Å². The van der Waals surface area contributed by atoms with Crippen molar-refractivity contribution in [2.24, 2.45) is 13.0 Å². The zero-order valence-electron chi connectivity index (χ0n) is 21.7. The van der Waals surface area contributed by atoms with E-state index in [2.05, 4.69) is 22.2 Å². The Labute approximate surface area is 236 Å². The van der Waals surface area contributed by atoms with E-state index in [1.54, 1.807) is 19.2 Å². The highest BCUT2D eigenvalue weighted by Crippen LogP contribution is 2.41. The summed E-state index contributed by atoms with van der Waals surface area (Å²) in [5, 5.41) is 7.34. The molecule has 39 heavy (non-hydrogen) atoms. The first-order valence-corrected chi connectivity index (χ1v) is 13.2. The van der Waals surface area contributed by atoms with Crippen LogP contribution >= 0.6 is 23.2 Å². The molecule has 0 radical (unpaired) electrons. The van der Waals surface area contributed by atoms with Gasteiger partial charge in [-0.3, -0.25) is 14.5 Å². The number of anilines is 1. The summed E-state index contributed by atoms with van der Waals surface area (Å²) in [4.78, 5) is 32.3. The minimum absolute atomic E-state index is 0.0407. The van der Waals surface area contributed by atoms with Gasteiger partial charge in [-0.05, 0) is 24.1 Å². The lowest BCUT2D eigenvalue weighted by atomic mass is 9.99. The number of aryl methyl sites for hydroxylation is 1. The van der Waals surface area contributed by atoms with Crippen LogP contribution < -0.4 is 15.6 Å². The van der Waals surface area contributed by atoms with Crippen molar-refractivity contribution in [2.45, 2.75) is 13.5 Å². The number of hydrogen-bond donors (Lipinski definition) is 1. The second kappa shape index (κ2) is 11.2. The molecular weight excluding hydrogens is 537 g/mol. The summed E-state index contributed by atoms with van der Waals surface area (Å²) in [6.45, 7) is 5.16. The van der Waals surface area contributed by atoms with Gasteiger partial charge in [0.25, 0.3) is 11.5 Å². The molecule has 1 aliphatic heterocycles. The number of carbonyl (C=O) groups excluding carboxylic acids is 1. The Morgan fingerprint density at radius 3 is 2.44 bits per heavy atom. The van der Waals surface area contributed by atoms with Gasteiger partial charge in [0.1, 0.15) is 5.56 Å². The van der Waals surface area contributed by atoms with Gasteiger partial charge in [0.2, 0.25) is 5.88 Å². The van der Waals surface area contributed by atoms with Gasteiger partial charge in [-0.1, -0.05) is 66.5 Å². The Morgan fingerprint density at radius 2 is 1.72 bits per heavy atom. The van der Waals surface area contributed by atoms with E-state index in [4.69, 9.17) is 32.9 Å². The second-order valence-electron chi connectivity index (χ2n) is 9.63. The Kier molecular flexibility index (Phi) is 7.70. The fourth-order valence-electron chi connectivity index (χ4n) is 4.76. The molecule has 0 saturated carbocycles. The number of methoxy groups -OCH3 is 1. The molecule has 1 N–H and O–H groups in total. The van der Waals surface area contributed by atoms with Gasteiger partial charge in [0, 0.05) is 55.1 Å². The first-order chi connectivity index (χ1) is 18.8. The van der Waals surface area contributed by atoms with Gasteiger partial charge in [0.15, 0.2) is 0 Å². The predicted molar refractivity (Wildman–Crippen MR) is 154 cm³/mol. The number of benzene rings is 2. The monoisotopic (exact) mass is 563 g/mol. The maximum Gasteiger partial charge on any atom is 0.279 e. The molecule has 0 aliphatic carbocycles. The van der Waals surface area contributed by atoms with Crippen LogP contribution in [0.3, 0.4) is 0 Å². The lowest BCUT2D eigenvalue weighted by Crippen LogP contribution is -2.44. The molecule has 1 aliphatic rings. The highest BCUT2D eigenvalue weighted by Gasteiger charge is 2.24. The molecule has 3 heterocycles. The molecule has 0 atom stereocenters. The number of pyridine rings is 1. The van der Waals surface area contributed by atoms with Crippen LogP contribution in [0.2, 0.25) is 10.0 Å². The molecule has 200 valence electrons. The lowest BCUT2D eigenvalue weighted by molar-refractivity contribution is 0.102.